The van der Waals surface area contributed by atoms with Gasteiger partial charge in [0.05, 0.1) is 24.8 Å². The van der Waals surface area contributed by atoms with Crippen molar-refractivity contribution in [1.29, 1.82) is 0 Å². The number of hydrogen-bond acceptors (Lipinski definition) is 4. The summed E-state index contributed by atoms with van der Waals surface area (Å²) in [6, 6.07) is 14.3. The van der Waals surface area contributed by atoms with Gasteiger partial charge < -0.3 is 9.64 Å². The average Bonchev–Trinajstić information content (AvgIpc) is 2.68. The third kappa shape index (κ3) is 4.61. The molecule has 1 amide bonds. The fourth-order valence-electron chi connectivity index (χ4n) is 2.99. The Balaban J connectivity index is 1.68. The highest BCUT2D eigenvalue weighted by atomic mass is 32.2. The molecule has 0 saturated carbocycles. The molecule has 2 aromatic rings. The maximum Gasteiger partial charge on any atom is 0.257 e. The second kappa shape index (κ2) is 9.02. The summed E-state index contributed by atoms with van der Waals surface area (Å²) in [6.45, 7) is 3.98. The smallest absolute Gasteiger partial charge is 0.257 e. The number of carbonyl (C=O) groups excluding carboxylic acids is 1. The van der Waals surface area contributed by atoms with Gasteiger partial charge in [-0.2, -0.15) is 0 Å². The Bertz CT molecular complexity index is 693. The van der Waals surface area contributed by atoms with Gasteiger partial charge in [-0.25, -0.2) is 4.98 Å². The SMILES string of the molecule is CC[C@H]1COCCN1C(=O)c1cccnc1SCCc1ccccc1. The molecule has 1 aromatic heterocycles. The van der Waals surface area contributed by atoms with Gasteiger partial charge in [0.2, 0.25) is 0 Å². The molecule has 132 valence electrons. The highest BCUT2D eigenvalue weighted by Crippen LogP contribution is 2.24. The number of pyridine rings is 1. The lowest BCUT2D eigenvalue weighted by atomic mass is 10.1. The molecule has 1 aliphatic heterocycles. The van der Waals surface area contributed by atoms with Crippen LogP contribution in [0.3, 0.4) is 0 Å². The zero-order chi connectivity index (χ0) is 17.5. The summed E-state index contributed by atoms with van der Waals surface area (Å²) in [5, 5.41) is 0.824. The van der Waals surface area contributed by atoms with E-state index >= 15 is 0 Å². The van der Waals surface area contributed by atoms with E-state index in [4.69, 9.17) is 4.74 Å². The number of thioether (sulfide) groups is 1. The van der Waals surface area contributed by atoms with Gasteiger partial charge in [-0.15, -0.1) is 11.8 Å². The first kappa shape index (κ1) is 18.0. The number of benzene rings is 1. The highest BCUT2D eigenvalue weighted by molar-refractivity contribution is 7.99. The van der Waals surface area contributed by atoms with E-state index in [1.54, 1.807) is 18.0 Å². The molecule has 4 nitrogen and oxygen atoms in total. The van der Waals surface area contributed by atoms with Crippen LogP contribution in [0.5, 0.6) is 0 Å². The molecule has 0 radical (unpaired) electrons. The van der Waals surface area contributed by atoms with E-state index in [-0.39, 0.29) is 11.9 Å². The molecule has 25 heavy (non-hydrogen) atoms. The molecule has 0 unspecified atom stereocenters. The average molecular weight is 356 g/mol. The van der Waals surface area contributed by atoms with Gasteiger partial charge in [-0.3, -0.25) is 4.79 Å². The minimum atomic E-state index is 0.0745. The van der Waals surface area contributed by atoms with E-state index in [0.717, 1.165) is 23.6 Å². The highest BCUT2D eigenvalue weighted by Gasteiger charge is 2.28. The standard InChI is InChI=1S/C20H24N2O2S/c1-2-17-15-24-13-12-22(17)20(23)18-9-6-11-21-19(18)25-14-10-16-7-4-3-5-8-16/h3-9,11,17H,2,10,12-15H2,1H3/t17-/m0/s1. The van der Waals surface area contributed by atoms with Gasteiger partial charge in [-0.05, 0) is 30.5 Å². The molecule has 1 aliphatic rings. The van der Waals surface area contributed by atoms with Crippen LogP contribution in [-0.2, 0) is 11.2 Å². The monoisotopic (exact) mass is 356 g/mol. The lowest BCUT2D eigenvalue weighted by molar-refractivity contribution is -0.00302. The maximum absolute atomic E-state index is 13.0. The number of morpholine rings is 1. The number of carbonyl (C=O) groups is 1. The Hall–Kier alpha value is -1.85. The third-order valence-electron chi connectivity index (χ3n) is 4.43. The molecule has 1 saturated heterocycles. The Morgan fingerprint density at radius 1 is 1.28 bits per heavy atom. The number of hydrogen-bond donors (Lipinski definition) is 0. The molecule has 1 aromatic carbocycles. The van der Waals surface area contributed by atoms with Crippen molar-refractivity contribution in [3.05, 3.63) is 59.8 Å². The van der Waals surface area contributed by atoms with Crippen LogP contribution < -0.4 is 0 Å². The normalized spacial score (nSPS) is 17.5. The van der Waals surface area contributed by atoms with E-state index in [9.17, 15) is 4.79 Å². The summed E-state index contributed by atoms with van der Waals surface area (Å²) in [4.78, 5) is 19.4. The van der Waals surface area contributed by atoms with Gasteiger partial charge in [0.1, 0.15) is 5.03 Å². The van der Waals surface area contributed by atoms with Crippen LogP contribution >= 0.6 is 11.8 Å². The van der Waals surface area contributed by atoms with E-state index < -0.39 is 0 Å². The second-order valence-corrected chi connectivity index (χ2v) is 7.16. The molecule has 0 bridgehead atoms. The number of ether oxygens (including phenoxy) is 1. The zero-order valence-electron chi connectivity index (χ0n) is 14.6. The lowest BCUT2D eigenvalue weighted by Crippen LogP contribution is -2.48. The fourth-order valence-corrected chi connectivity index (χ4v) is 3.97. The van der Waals surface area contributed by atoms with Crippen molar-refractivity contribution in [1.82, 2.24) is 9.88 Å². The Morgan fingerprint density at radius 3 is 2.92 bits per heavy atom. The summed E-state index contributed by atoms with van der Waals surface area (Å²) in [6.07, 6.45) is 3.63. The van der Waals surface area contributed by atoms with Crippen molar-refractivity contribution in [3.8, 4) is 0 Å². The molecular formula is C20H24N2O2S. The van der Waals surface area contributed by atoms with Gasteiger partial charge in [0.15, 0.2) is 0 Å². The van der Waals surface area contributed by atoms with Gasteiger partial charge in [0, 0.05) is 18.5 Å². The molecular weight excluding hydrogens is 332 g/mol. The minimum Gasteiger partial charge on any atom is -0.377 e. The first-order valence-electron chi connectivity index (χ1n) is 8.80. The van der Waals surface area contributed by atoms with Crippen molar-refractivity contribution < 1.29 is 9.53 Å². The summed E-state index contributed by atoms with van der Waals surface area (Å²) >= 11 is 1.65. The Labute approximate surface area is 153 Å². The first-order valence-corrected chi connectivity index (χ1v) is 9.78. The quantitative estimate of drug-likeness (QED) is 0.741. The predicted molar refractivity (Wildman–Crippen MR) is 101 cm³/mol. The maximum atomic E-state index is 13.0. The van der Waals surface area contributed by atoms with E-state index in [0.29, 0.717) is 25.3 Å². The first-order chi connectivity index (χ1) is 12.3. The second-order valence-electron chi connectivity index (χ2n) is 6.08. The molecule has 0 spiro atoms. The van der Waals surface area contributed by atoms with E-state index in [1.807, 2.05) is 23.1 Å². The molecule has 1 atom stereocenters. The molecule has 0 aliphatic carbocycles. The molecule has 2 heterocycles. The molecule has 5 heteroatoms. The topological polar surface area (TPSA) is 42.4 Å². The van der Waals surface area contributed by atoms with Crippen molar-refractivity contribution in [2.24, 2.45) is 0 Å². The Kier molecular flexibility index (Phi) is 6.48. The van der Waals surface area contributed by atoms with Crippen molar-refractivity contribution in [2.75, 3.05) is 25.5 Å². The van der Waals surface area contributed by atoms with Crippen LogP contribution in [0.25, 0.3) is 0 Å². The predicted octanol–water partition coefficient (Wildman–Crippen LogP) is 3.67. The third-order valence-corrected chi connectivity index (χ3v) is 5.44. The summed E-state index contributed by atoms with van der Waals surface area (Å²) in [5.41, 5.74) is 2.01. The van der Waals surface area contributed by atoms with Crippen molar-refractivity contribution >= 4 is 17.7 Å². The fraction of sp³-hybridized carbons (Fsp3) is 0.400. The molecule has 0 N–H and O–H groups in total. The van der Waals surface area contributed by atoms with Crippen LogP contribution in [0.15, 0.2) is 53.7 Å². The minimum absolute atomic E-state index is 0.0745. The van der Waals surface area contributed by atoms with Gasteiger partial charge in [-0.1, -0.05) is 37.3 Å². The van der Waals surface area contributed by atoms with E-state index in [2.05, 4.69) is 36.2 Å². The largest absolute Gasteiger partial charge is 0.377 e. The van der Waals surface area contributed by atoms with Gasteiger partial charge in [0.25, 0.3) is 5.91 Å². The number of nitrogens with zero attached hydrogens (tertiary/aromatic N) is 2. The molecule has 1 fully saturated rings. The Morgan fingerprint density at radius 2 is 2.12 bits per heavy atom. The summed E-state index contributed by atoms with van der Waals surface area (Å²) in [5.74, 6) is 0.979. The van der Waals surface area contributed by atoms with E-state index in [1.165, 1.54) is 5.56 Å². The van der Waals surface area contributed by atoms with Crippen LogP contribution in [0.4, 0.5) is 0 Å². The number of aromatic nitrogens is 1. The zero-order valence-corrected chi connectivity index (χ0v) is 15.4. The number of aryl methyl sites for hydroxylation is 1. The van der Waals surface area contributed by atoms with Crippen LogP contribution in [-0.4, -0.2) is 47.3 Å². The van der Waals surface area contributed by atoms with Crippen LogP contribution in [0.2, 0.25) is 0 Å². The summed E-state index contributed by atoms with van der Waals surface area (Å²) in [7, 11) is 0. The molecule has 3 rings (SSSR count). The van der Waals surface area contributed by atoms with Crippen molar-refractivity contribution in [3.63, 3.8) is 0 Å². The lowest BCUT2D eigenvalue weighted by Gasteiger charge is -2.35. The van der Waals surface area contributed by atoms with Crippen molar-refractivity contribution in [2.45, 2.75) is 30.8 Å². The van der Waals surface area contributed by atoms with Crippen LogP contribution in [0.1, 0.15) is 29.3 Å². The number of rotatable bonds is 6. The summed E-state index contributed by atoms with van der Waals surface area (Å²) < 4.78 is 5.52. The van der Waals surface area contributed by atoms with Crippen LogP contribution in [0, 0.1) is 0 Å². The number of amides is 1. The van der Waals surface area contributed by atoms with Gasteiger partial charge >= 0.3 is 0 Å².